The molecule has 1 saturated heterocycles. The van der Waals surface area contributed by atoms with Gasteiger partial charge in [0.05, 0.1) is 22.8 Å². The largest absolute Gasteiger partial charge is 0.372 e. The molecule has 1 aromatic rings. The van der Waals surface area contributed by atoms with Crippen molar-refractivity contribution in [2.45, 2.75) is 13.0 Å². The molecule has 0 radical (unpaired) electrons. The molecule has 0 bridgehead atoms. The SMILES string of the molecule is CC(=O)N(C)CC1CNCCOC1c1ccc(Cl)c(Cl)c1. The first-order valence-electron chi connectivity index (χ1n) is 6.98. The Hall–Kier alpha value is -0.810. The number of amides is 1. The van der Waals surface area contributed by atoms with Gasteiger partial charge in [-0.05, 0) is 17.7 Å². The van der Waals surface area contributed by atoms with Crippen LogP contribution in [0.4, 0.5) is 0 Å². The molecule has 116 valence electrons. The fourth-order valence-corrected chi connectivity index (χ4v) is 2.79. The van der Waals surface area contributed by atoms with Gasteiger partial charge in [0.25, 0.3) is 0 Å². The van der Waals surface area contributed by atoms with Gasteiger partial charge in [0.15, 0.2) is 0 Å². The van der Waals surface area contributed by atoms with Gasteiger partial charge >= 0.3 is 0 Å². The van der Waals surface area contributed by atoms with Crippen LogP contribution in [0.3, 0.4) is 0 Å². The van der Waals surface area contributed by atoms with Gasteiger partial charge in [-0.25, -0.2) is 0 Å². The summed E-state index contributed by atoms with van der Waals surface area (Å²) in [5, 5.41) is 4.40. The van der Waals surface area contributed by atoms with E-state index in [4.69, 9.17) is 27.9 Å². The molecule has 1 N–H and O–H groups in total. The monoisotopic (exact) mass is 330 g/mol. The lowest BCUT2D eigenvalue weighted by atomic mass is 9.95. The highest BCUT2D eigenvalue weighted by molar-refractivity contribution is 6.42. The van der Waals surface area contributed by atoms with Gasteiger partial charge in [0, 0.05) is 39.5 Å². The minimum Gasteiger partial charge on any atom is -0.372 e. The van der Waals surface area contributed by atoms with E-state index in [1.165, 1.54) is 0 Å². The van der Waals surface area contributed by atoms with E-state index in [9.17, 15) is 4.79 Å². The molecule has 2 unspecified atom stereocenters. The number of ether oxygens (including phenoxy) is 1. The zero-order valence-corrected chi connectivity index (χ0v) is 13.7. The molecule has 0 saturated carbocycles. The molecule has 1 heterocycles. The second-order valence-corrected chi connectivity index (χ2v) is 6.14. The number of hydrogen-bond donors (Lipinski definition) is 1. The Morgan fingerprint density at radius 3 is 2.86 bits per heavy atom. The number of hydrogen-bond acceptors (Lipinski definition) is 3. The quantitative estimate of drug-likeness (QED) is 0.926. The predicted octanol–water partition coefficient (Wildman–Crippen LogP) is 2.75. The zero-order chi connectivity index (χ0) is 15.4. The first-order valence-corrected chi connectivity index (χ1v) is 7.73. The zero-order valence-electron chi connectivity index (χ0n) is 12.2. The standard InChI is InChI=1S/C15H20Cl2N2O2/c1-10(20)19(2)9-12-8-18-5-6-21-15(12)11-3-4-13(16)14(17)7-11/h3-4,7,12,15,18H,5-6,8-9H2,1-2H3. The Kier molecular flexibility index (Phi) is 5.88. The van der Waals surface area contributed by atoms with Crippen LogP contribution in [-0.4, -0.2) is 44.1 Å². The number of nitrogens with zero attached hydrogens (tertiary/aromatic N) is 1. The predicted molar refractivity (Wildman–Crippen MR) is 84.8 cm³/mol. The lowest BCUT2D eigenvalue weighted by molar-refractivity contribution is -0.128. The summed E-state index contributed by atoms with van der Waals surface area (Å²) >= 11 is 12.1. The number of carbonyl (C=O) groups is 1. The molecule has 21 heavy (non-hydrogen) atoms. The van der Waals surface area contributed by atoms with Gasteiger partial charge < -0.3 is 15.0 Å². The van der Waals surface area contributed by atoms with Crippen molar-refractivity contribution < 1.29 is 9.53 Å². The van der Waals surface area contributed by atoms with E-state index >= 15 is 0 Å². The summed E-state index contributed by atoms with van der Waals surface area (Å²) in [5.41, 5.74) is 0.995. The maximum absolute atomic E-state index is 11.5. The van der Waals surface area contributed by atoms with Crippen LogP contribution in [0.15, 0.2) is 18.2 Å². The summed E-state index contributed by atoms with van der Waals surface area (Å²) in [4.78, 5) is 13.2. The molecule has 1 aliphatic rings. The molecular weight excluding hydrogens is 311 g/mol. The van der Waals surface area contributed by atoms with Crippen molar-refractivity contribution in [3.8, 4) is 0 Å². The third kappa shape index (κ3) is 4.33. The maximum atomic E-state index is 11.5. The highest BCUT2D eigenvalue weighted by Gasteiger charge is 2.28. The van der Waals surface area contributed by atoms with E-state index in [0.717, 1.165) is 18.7 Å². The maximum Gasteiger partial charge on any atom is 0.219 e. The molecule has 4 nitrogen and oxygen atoms in total. The number of halogens is 2. The summed E-state index contributed by atoms with van der Waals surface area (Å²) < 4.78 is 5.97. The van der Waals surface area contributed by atoms with Crippen LogP contribution < -0.4 is 5.32 Å². The molecule has 0 spiro atoms. The van der Waals surface area contributed by atoms with Crippen LogP contribution >= 0.6 is 23.2 Å². The lowest BCUT2D eigenvalue weighted by Crippen LogP contribution is -2.36. The first-order chi connectivity index (χ1) is 9.99. The summed E-state index contributed by atoms with van der Waals surface area (Å²) in [6, 6.07) is 5.57. The van der Waals surface area contributed by atoms with Gasteiger partial charge in [0.1, 0.15) is 0 Å². The van der Waals surface area contributed by atoms with Crippen molar-refractivity contribution in [3.05, 3.63) is 33.8 Å². The first kappa shape index (κ1) is 16.6. The van der Waals surface area contributed by atoms with Crippen LogP contribution in [0, 0.1) is 5.92 Å². The molecule has 1 aliphatic heterocycles. The fraction of sp³-hybridized carbons (Fsp3) is 0.533. The Morgan fingerprint density at radius 2 is 2.19 bits per heavy atom. The fourth-order valence-electron chi connectivity index (χ4n) is 2.49. The summed E-state index contributed by atoms with van der Waals surface area (Å²) in [6.45, 7) is 4.43. The van der Waals surface area contributed by atoms with Gasteiger partial charge in [0.2, 0.25) is 5.91 Å². The second-order valence-electron chi connectivity index (χ2n) is 5.33. The van der Waals surface area contributed by atoms with E-state index in [0.29, 0.717) is 23.2 Å². The Morgan fingerprint density at radius 1 is 1.43 bits per heavy atom. The molecule has 6 heteroatoms. The molecule has 1 amide bonds. The van der Waals surface area contributed by atoms with Crippen molar-refractivity contribution in [1.29, 1.82) is 0 Å². The molecular formula is C15H20Cl2N2O2. The highest BCUT2D eigenvalue weighted by atomic mass is 35.5. The Bertz CT molecular complexity index is 510. The van der Waals surface area contributed by atoms with Crippen LogP contribution in [0.5, 0.6) is 0 Å². The smallest absolute Gasteiger partial charge is 0.219 e. The average Bonchev–Trinajstić information content (AvgIpc) is 2.67. The number of nitrogens with one attached hydrogen (secondary N) is 1. The molecule has 1 aromatic carbocycles. The third-order valence-corrected chi connectivity index (χ3v) is 4.47. The second kappa shape index (κ2) is 7.45. The summed E-state index contributed by atoms with van der Waals surface area (Å²) in [5.74, 6) is 0.214. The van der Waals surface area contributed by atoms with Gasteiger partial charge in [-0.2, -0.15) is 0 Å². The Labute approximate surface area is 135 Å². The van der Waals surface area contributed by atoms with E-state index in [2.05, 4.69) is 5.32 Å². The molecule has 0 aromatic heterocycles. The number of benzene rings is 1. The molecule has 2 rings (SSSR count). The van der Waals surface area contributed by atoms with Crippen LogP contribution in [-0.2, 0) is 9.53 Å². The van der Waals surface area contributed by atoms with E-state index in [1.54, 1.807) is 24.9 Å². The lowest BCUT2D eigenvalue weighted by Gasteiger charge is -2.29. The number of carbonyl (C=O) groups excluding carboxylic acids is 1. The van der Waals surface area contributed by atoms with Crippen molar-refractivity contribution in [3.63, 3.8) is 0 Å². The molecule has 1 fully saturated rings. The average molecular weight is 331 g/mol. The highest BCUT2D eigenvalue weighted by Crippen LogP contribution is 2.32. The van der Waals surface area contributed by atoms with E-state index < -0.39 is 0 Å². The van der Waals surface area contributed by atoms with Crippen LogP contribution in [0.25, 0.3) is 0 Å². The van der Waals surface area contributed by atoms with Crippen molar-refractivity contribution in [1.82, 2.24) is 10.2 Å². The topological polar surface area (TPSA) is 41.6 Å². The third-order valence-electron chi connectivity index (χ3n) is 3.73. The summed E-state index contributed by atoms with van der Waals surface area (Å²) in [6.07, 6.45) is -0.100. The van der Waals surface area contributed by atoms with Crippen molar-refractivity contribution in [2.75, 3.05) is 33.3 Å². The van der Waals surface area contributed by atoms with Gasteiger partial charge in [-0.3, -0.25) is 4.79 Å². The molecule has 2 atom stereocenters. The van der Waals surface area contributed by atoms with Crippen molar-refractivity contribution >= 4 is 29.1 Å². The summed E-state index contributed by atoms with van der Waals surface area (Å²) in [7, 11) is 1.80. The Balaban J connectivity index is 2.22. The van der Waals surface area contributed by atoms with Gasteiger partial charge in [-0.15, -0.1) is 0 Å². The van der Waals surface area contributed by atoms with Crippen molar-refractivity contribution in [2.24, 2.45) is 5.92 Å². The number of rotatable bonds is 3. The van der Waals surface area contributed by atoms with Crippen LogP contribution in [0.1, 0.15) is 18.6 Å². The molecule has 0 aliphatic carbocycles. The normalized spacial score (nSPS) is 22.7. The van der Waals surface area contributed by atoms with E-state index in [1.807, 2.05) is 12.1 Å². The minimum atomic E-state index is -0.100. The van der Waals surface area contributed by atoms with E-state index in [-0.39, 0.29) is 17.9 Å². The minimum absolute atomic E-state index is 0.0483. The van der Waals surface area contributed by atoms with Gasteiger partial charge in [-0.1, -0.05) is 29.3 Å². The van der Waals surface area contributed by atoms with Crippen LogP contribution in [0.2, 0.25) is 10.0 Å².